The van der Waals surface area contributed by atoms with E-state index in [-0.39, 0.29) is 55.5 Å². The number of anilines is 2. The van der Waals surface area contributed by atoms with E-state index in [1.54, 1.807) is 17.9 Å². The predicted octanol–water partition coefficient (Wildman–Crippen LogP) is 4.54. The number of nitrogen functional groups attached to an aromatic ring is 1. The summed E-state index contributed by atoms with van der Waals surface area (Å²) in [4.78, 5) is 29.1. The van der Waals surface area contributed by atoms with Crippen molar-refractivity contribution in [3.8, 4) is 29.0 Å². The number of likely N-dealkylation sites (tertiary alicyclic amines) is 2. The topological polar surface area (TPSA) is 110 Å². The smallest absolute Gasteiger partial charge is 0.319 e. The standard InChI is InChI=1S/C28H26ClF2N7O2S/c1-3-5-20(39)38-11-14(12-38)33-26-17-10-18(29)21(16-7-8-19(30)25-24(16)34-27(32)41-25)22(31)23(17)35-28(36-26)40-13-15-6-4-9-37(15)2/h7-8,10,14-15H,4,6,9,11-13H2,1-2H3,(H2,32,34)(H,33,35,36)/t15-/m0/s1. The van der Waals surface area contributed by atoms with Gasteiger partial charge >= 0.3 is 6.01 Å². The largest absolute Gasteiger partial charge is 0.462 e. The molecule has 2 aromatic carbocycles. The van der Waals surface area contributed by atoms with Gasteiger partial charge in [-0.2, -0.15) is 9.97 Å². The molecule has 2 aliphatic rings. The Balaban J connectivity index is 1.42. The van der Waals surface area contributed by atoms with Gasteiger partial charge in [0.1, 0.15) is 23.8 Å². The van der Waals surface area contributed by atoms with Gasteiger partial charge in [0.25, 0.3) is 5.91 Å². The zero-order valence-corrected chi connectivity index (χ0v) is 23.9. The van der Waals surface area contributed by atoms with E-state index in [9.17, 15) is 9.18 Å². The van der Waals surface area contributed by atoms with Crippen molar-refractivity contribution in [3.63, 3.8) is 0 Å². The van der Waals surface area contributed by atoms with E-state index in [1.165, 1.54) is 12.1 Å². The van der Waals surface area contributed by atoms with Crippen LogP contribution in [0.15, 0.2) is 18.2 Å². The van der Waals surface area contributed by atoms with Gasteiger partial charge in [-0.1, -0.05) is 28.9 Å². The molecule has 41 heavy (non-hydrogen) atoms. The van der Waals surface area contributed by atoms with Gasteiger partial charge in [-0.3, -0.25) is 4.79 Å². The number of halogens is 3. The Morgan fingerprint density at radius 1 is 1.27 bits per heavy atom. The maximum atomic E-state index is 16.4. The van der Waals surface area contributed by atoms with Crippen molar-refractivity contribution in [3.05, 3.63) is 34.9 Å². The van der Waals surface area contributed by atoms with Crippen molar-refractivity contribution in [1.82, 2.24) is 24.8 Å². The second-order valence-corrected chi connectivity index (χ2v) is 11.6. The van der Waals surface area contributed by atoms with E-state index in [4.69, 9.17) is 22.1 Å². The molecule has 6 rings (SSSR count). The molecule has 2 saturated heterocycles. The van der Waals surface area contributed by atoms with Crippen LogP contribution in [-0.4, -0.2) is 76.0 Å². The number of rotatable bonds is 6. The average Bonchev–Trinajstić information content (AvgIpc) is 3.51. The number of hydrogen-bond donors (Lipinski definition) is 2. The van der Waals surface area contributed by atoms with Crippen molar-refractivity contribution < 1.29 is 18.3 Å². The maximum Gasteiger partial charge on any atom is 0.319 e. The van der Waals surface area contributed by atoms with Crippen LogP contribution in [0.4, 0.5) is 19.7 Å². The molecule has 0 bridgehead atoms. The first-order valence-corrected chi connectivity index (χ1v) is 14.3. The van der Waals surface area contributed by atoms with Crippen LogP contribution >= 0.6 is 22.9 Å². The number of nitrogens with two attached hydrogens (primary N) is 1. The van der Waals surface area contributed by atoms with E-state index in [0.717, 1.165) is 30.7 Å². The quantitative estimate of drug-likeness (QED) is 0.312. The van der Waals surface area contributed by atoms with E-state index in [1.807, 2.05) is 7.05 Å². The third-order valence-corrected chi connectivity index (χ3v) is 8.65. The van der Waals surface area contributed by atoms with Crippen LogP contribution in [0.2, 0.25) is 5.02 Å². The normalized spacial score (nSPS) is 17.5. The monoisotopic (exact) mass is 597 g/mol. The summed E-state index contributed by atoms with van der Waals surface area (Å²) in [6.45, 7) is 3.76. The van der Waals surface area contributed by atoms with Crippen molar-refractivity contribution in [2.75, 3.05) is 44.3 Å². The highest BCUT2D eigenvalue weighted by Gasteiger charge is 2.32. The van der Waals surface area contributed by atoms with E-state index in [2.05, 4.69) is 37.0 Å². The van der Waals surface area contributed by atoms with Crippen LogP contribution in [0.5, 0.6) is 6.01 Å². The minimum atomic E-state index is -0.719. The number of amides is 1. The third-order valence-electron chi connectivity index (χ3n) is 7.46. The lowest BCUT2D eigenvalue weighted by atomic mass is 10.0. The van der Waals surface area contributed by atoms with E-state index >= 15 is 4.39 Å². The van der Waals surface area contributed by atoms with Gasteiger partial charge in [-0.05, 0) is 57.5 Å². The molecule has 4 heterocycles. The number of thiazole rings is 1. The summed E-state index contributed by atoms with van der Waals surface area (Å²) in [5.41, 5.74) is 6.38. The maximum absolute atomic E-state index is 16.4. The molecular weight excluding hydrogens is 572 g/mol. The molecule has 0 unspecified atom stereocenters. The van der Waals surface area contributed by atoms with Crippen molar-refractivity contribution in [1.29, 1.82) is 0 Å². The Morgan fingerprint density at radius 3 is 2.80 bits per heavy atom. The highest BCUT2D eigenvalue weighted by atomic mass is 35.5. The first kappa shape index (κ1) is 27.4. The number of benzene rings is 2. The molecule has 2 aromatic heterocycles. The number of ether oxygens (including phenoxy) is 1. The van der Waals surface area contributed by atoms with Crippen LogP contribution in [0.25, 0.3) is 32.2 Å². The number of aromatic nitrogens is 3. The van der Waals surface area contributed by atoms with Gasteiger partial charge in [-0.15, -0.1) is 0 Å². The minimum Gasteiger partial charge on any atom is -0.462 e. The van der Waals surface area contributed by atoms with Gasteiger partial charge in [0.15, 0.2) is 10.9 Å². The van der Waals surface area contributed by atoms with E-state index < -0.39 is 11.6 Å². The lowest BCUT2D eigenvalue weighted by Crippen LogP contribution is -2.56. The second-order valence-electron chi connectivity index (χ2n) is 10.1. The van der Waals surface area contributed by atoms with Crippen LogP contribution in [0.3, 0.4) is 0 Å². The summed E-state index contributed by atoms with van der Waals surface area (Å²) in [6.07, 6.45) is 2.05. The van der Waals surface area contributed by atoms with Gasteiger partial charge < -0.3 is 25.6 Å². The van der Waals surface area contributed by atoms with E-state index in [0.29, 0.717) is 36.5 Å². The number of fused-ring (bicyclic) bond motifs is 2. The molecule has 1 amide bonds. The fourth-order valence-corrected chi connectivity index (χ4v) is 6.32. The molecular formula is C28H26ClF2N7O2S. The van der Waals surface area contributed by atoms with Crippen molar-refractivity contribution in [2.45, 2.75) is 31.8 Å². The van der Waals surface area contributed by atoms with Crippen LogP contribution in [0, 0.1) is 23.5 Å². The number of carbonyl (C=O) groups is 1. The molecule has 1 atom stereocenters. The zero-order chi connectivity index (χ0) is 28.8. The fourth-order valence-electron chi connectivity index (χ4n) is 5.27. The number of nitrogens with one attached hydrogen (secondary N) is 1. The van der Waals surface area contributed by atoms with Gasteiger partial charge in [-0.25, -0.2) is 13.8 Å². The number of carbonyl (C=O) groups excluding carboxylic acids is 1. The van der Waals surface area contributed by atoms with Gasteiger partial charge in [0, 0.05) is 35.6 Å². The molecule has 212 valence electrons. The summed E-state index contributed by atoms with van der Waals surface area (Å²) in [5, 5.41) is 3.87. The Kier molecular flexibility index (Phi) is 7.27. The first-order chi connectivity index (χ1) is 19.7. The second kappa shape index (κ2) is 10.9. The Hall–Kier alpha value is -3.79. The molecule has 0 saturated carbocycles. The molecule has 4 aromatic rings. The van der Waals surface area contributed by atoms with Gasteiger partial charge in [0.2, 0.25) is 0 Å². The Bertz CT molecular complexity index is 1750. The predicted molar refractivity (Wildman–Crippen MR) is 156 cm³/mol. The number of nitrogens with zero attached hydrogens (tertiary/aromatic N) is 5. The first-order valence-electron chi connectivity index (χ1n) is 13.1. The number of likely N-dealkylation sites (N-methyl/N-ethyl adjacent to an activating group) is 1. The molecule has 9 nitrogen and oxygen atoms in total. The SMILES string of the molecule is CC#CC(=O)N1CC(Nc2nc(OC[C@@H]3CCCN3C)nc3c(F)c(-c4ccc(F)c5sc(N)nc45)c(Cl)cc23)C1. The molecule has 3 N–H and O–H groups in total. The molecule has 13 heteroatoms. The van der Waals surface area contributed by atoms with Crippen LogP contribution in [-0.2, 0) is 4.79 Å². The zero-order valence-electron chi connectivity index (χ0n) is 22.3. The Morgan fingerprint density at radius 2 is 2.07 bits per heavy atom. The molecule has 0 radical (unpaired) electrons. The van der Waals surface area contributed by atoms with Crippen molar-refractivity contribution >= 4 is 60.9 Å². The van der Waals surface area contributed by atoms with Crippen LogP contribution in [0.1, 0.15) is 19.8 Å². The van der Waals surface area contributed by atoms with Crippen molar-refractivity contribution in [2.24, 2.45) is 0 Å². The summed E-state index contributed by atoms with van der Waals surface area (Å²) in [7, 11) is 2.03. The summed E-state index contributed by atoms with van der Waals surface area (Å²) < 4.78 is 37.1. The molecule has 0 aliphatic carbocycles. The van der Waals surface area contributed by atoms with Gasteiger partial charge in [0.05, 0.1) is 21.3 Å². The summed E-state index contributed by atoms with van der Waals surface area (Å²) in [5.74, 6) is 3.99. The number of hydrogen-bond acceptors (Lipinski definition) is 9. The minimum absolute atomic E-state index is 0.0125. The fraction of sp³-hybridized carbons (Fsp3) is 0.357. The third kappa shape index (κ3) is 5.09. The molecule has 2 fully saturated rings. The summed E-state index contributed by atoms with van der Waals surface area (Å²) in [6, 6.07) is 4.31. The highest BCUT2D eigenvalue weighted by Crippen LogP contribution is 2.42. The average molecular weight is 598 g/mol. The highest BCUT2D eigenvalue weighted by molar-refractivity contribution is 7.22. The summed E-state index contributed by atoms with van der Waals surface area (Å²) >= 11 is 7.65. The Labute approximate surface area is 243 Å². The van der Waals surface area contributed by atoms with Crippen LogP contribution < -0.4 is 15.8 Å². The molecule has 0 spiro atoms. The lowest BCUT2D eigenvalue weighted by Gasteiger charge is -2.38. The lowest BCUT2D eigenvalue weighted by molar-refractivity contribution is -0.128. The molecule has 2 aliphatic heterocycles.